The lowest BCUT2D eigenvalue weighted by molar-refractivity contribution is -0.125. The van der Waals surface area contributed by atoms with Crippen LogP contribution >= 0.6 is 0 Å². The Kier molecular flexibility index (Phi) is 3.98. The van der Waals surface area contributed by atoms with Crippen molar-refractivity contribution in [2.45, 2.75) is 45.1 Å². The third kappa shape index (κ3) is 2.83. The minimum absolute atomic E-state index is 0.212. The van der Waals surface area contributed by atoms with Crippen molar-refractivity contribution in [2.75, 3.05) is 26.3 Å². The normalized spacial score (nSPS) is 30.6. The van der Waals surface area contributed by atoms with E-state index in [2.05, 4.69) is 11.8 Å². The number of nitrogens with zero attached hydrogens (tertiary/aromatic N) is 1. The number of carbonyl (C=O) groups is 1. The van der Waals surface area contributed by atoms with Crippen LogP contribution < -0.4 is 0 Å². The van der Waals surface area contributed by atoms with Gasteiger partial charge in [0.15, 0.2) is 0 Å². The molecule has 92 valence electrons. The Labute approximate surface area is 98.1 Å². The van der Waals surface area contributed by atoms with Crippen molar-refractivity contribution in [3.63, 3.8) is 0 Å². The molecule has 1 saturated carbocycles. The van der Waals surface area contributed by atoms with Crippen molar-refractivity contribution in [2.24, 2.45) is 5.41 Å². The molecule has 0 amide bonds. The zero-order valence-corrected chi connectivity index (χ0v) is 10.3. The molecule has 0 aromatic carbocycles. The molecule has 1 heterocycles. The van der Waals surface area contributed by atoms with Crippen molar-refractivity contribution in [1.29, 1.82) is 0 Å². The van der Waals surface area contributed by atoms with E-state index < -0.39 is 0 Å². The number of hydrogen-bond acceptors (Lipinski definition) is 3. The van der Waals surface area contributed by atoms with Gasteiger partial charge in [0.25, 0.3) is 0 Å². The van der Waals surface area contributed by atoms with Crippen LogP contribution in [0.1, 0.15) is 39.0 Å². The first kappa shape index (κ1) is 12.1. The molecular weight excluding hydrogens is 202 g/mol. The van der Waals surface area contributed by atoms with E-state index in [9.17, 15) is 4.79 Å². The summed E-state index contributed by atoms with van der Waals surface area (Å²) in [4.78, 5) is 13.9. The Bertz CT molecular complexity index is 232. The summed E-state index contributed by atoms with van der Waals surface area (Å²) in [5.74, 6) is 0. The van der Waals surface area contributed by atoms with E-state index >= 15 is 0 Å². The van der Waals surface area contributed by atoms with Gasteiger partial charge in [0.1, 0.15) is 6.29 Å². The lowest BCUT2D eigenvalue weighted by atomic mass is 9.83. The van der Waals surface area contributed by atoms with Crippen LogP contribution in [-0.2, 0) is 9.53 Å². The molecule has 0 aromatic rings. The van der Waals surface area contributed by atoms with Crippen molar-refractivity contribution >= 4 is 6.29 Å². The predicted octanol–water partition coefficient (Wildman–Crippen LogP) is 1.86. The molecular formula is C13H23NO2. The maximum Gasteiger partial charge on any atom is 0.129 e. The summed E-state index contributed by atoms with van der Waals surface area (Å²) in [6.45, 7) is 5.70. The highest BCUT2D eigenvalue weighted by molar-refractivity contribution is 5.60. The molecule has 0 N–H and O–H groups in total. The van der Waals surface area contributed by atoms with Crippen LogP contribution in [0.25, 0.3) is 0 Å². The van der Waals surface area contributed by atoms with Crippen molar-refractivity contribution in [3.05, 3.63) is 0 Å². The van der Waals surface area contributed by atoms with Crippen molar-refractivity contribution < 1.29 is 9.53 Å². The number of aldehydes is 1. The summed E-state index contributed by atoms with van der Waals surface area (Å²) in [5, 5.41) is 0. The average Bonchev–Trinajstić information content (AvgIpc) is 3.14. The molecule has 1 saturated heterocycles. The minimum atomic E-state index is -0.212. The molecule has 0 bridgehead atoms. The van der Waals surface area contributed by atoms with E-state index in [4.69, 9.17) is 4.74 Å². The van der Waals surface area contributed by atoms with Gasteiger partial charge < -0.3 is 9.53 Å². The summed E-state index contributed by atoms with van der Waals surface area (Å²) in [5.41, 5.74) is -0.212. The molecule has 2 fully saturated rings. The Balaban J connectivity index is 1.94. The second-order valence-corrected chi connectivity index (χ2v) is 5.34. The number of hydrogen-bond donors (Lipinski definition) is 0. The van der Waals surface area contributed by atoms with Crippen LogP contribution in [0.5, 0.6) is 0 Å². The first-order valence-electron chi connectivity index (χ1n) is 6.58. The Hall–Kier alpha value is -0.410. The Morgan fingerprint density at radius 1 is 1.50 bits per heavy atom. The van der Waals surface area contributed by atoms with Gasteiger partial charge in [-0.05, 0) is 38.6 Å². The smallest absolute Gasteiger partial charge is 0.129 e. The second-order valence-electron chi connectivity index (χ2n) is 5.34. The maximum absolute atomic E-state index is 11.4. The molecule has 1 unspecified atom stereocenters. The highest BCUT2D eigenvalue weighted by Crippen LogP contribution is 2.33. The number of ether oxygens (including phenoxy) is 1. The van der Waals surface area contributed by atoms with Crippen molar-refractivity contribution in [1.82, 2.24) is 4.90 Å². The summed E-state index contributed by atoms with van der Waals surface area (Å²) in [6.07, 6.45) is 6.99. The summed E-state index contributed by atoms with van der Waals surface area (Å²) in [6, 6.07) is 0.749. The molecule has 1 aliphatic heterocycles. The Morgan fingerprint density at radius 2 is 2.31 bits per heavy atom. The standard InChI is InChI=1S/C13H23NO2/c1-2-7-14(12-4-5-12)9-13(10-15)6-3-8-16-11-13/h10,12H,2-9,11H2,1H3. The van der Waals surface area contributed by atoms with Crippen LogP contribution in [0.15, 0.2) is 0 Å². The summed E-state index contributed by atoms with van der Waals surface area (Å²) >= 11 is 0. The van der Waals surface area contributed by atoms with Gasteiger partial charge in [0.2, 0.25) is 0 Å². The zero-order chi connectivity index (χ0) is 11.4. The third-order valence-corrected chi connectivity index (χ3v) is 3.69. The SMILES string of the molecule is CCCN(CC1(C=O)CCCOC1)C1CC1. The first-order chi connectivity index (χ1) is 7.79. The van der Waals surface area contributed by atoms with Gasteiger partial charge in [-0.25, -0.2) is 0 Å². The highest BCUT2D eigenvalue weighted by atomic mass is 16.5. The van der Waals surface area contributed by atoms with E-state index in [0.29, 0.717) is 6.61 Å². The largest absolute Gasteiger partial charge is 0.380 e. The lowest BCUT2D eigenvalue weighted by Crippen LogP contribution is -2.45. The fraction of sp³-hybridized carbons (Fsp3) is 0.923. The van der Waals surface area contributed by atoms with Gasteiger partial charge in [-0.3, -0.25) is 4.90 Å². The third-order valence-electron chi connectivity index (χ3n) is 3.69. The van der Waals surface area contributed by atoms with E-state index in [1.165, 1.54) is 19.3 Å². The second kappa shape index (κ2) is 5.28. The molecule has 1 aliphatic carbocycles. The topological polar surface area (TPSA) is 29.5 Å². The minimum Gasteiger partial charge on any atom is -0.380 e. The molecule has 0 radical (unpaired) electrons. The van der Waals surface area contributed by atoms with E-state index in [1.54, 1.807) is 0 Å². The average molecular weight is 225 g/mol. The number of rotatable bonds is 6. The van der Waals surface area contributed by atoms with Gasteiger partial charge in [-0.1, -0.05) is 6.92 Å². The fourth-order valence-corrected chi connectivity index (χ4v) is 2.65. The molecule has 2 aliphatic rings. The molecule has 0 aromatic heterocycles. The van der Waals surface area contributed by atoms with Crippen LogP contribution in [0.2, 0.25) is 0 Å². The molecule has 0 spiro atoms. The van der Waals surface area contributed by atoms with Gasteiger partial charge >= 0.3 is 0 Å². The highest BCUT2D eigenvalue weighted by Gasteiger charge is 2.38. The number of carbonyl (C=O) groups excluding carboxylic acids is 1. The first-order valence-corrected chi connectivity index (χ1v) is 6.58. The zero-order valence-electron chi connectivity index (χ0n) is 10.3. The van der Waals surface area contributed by atoms with Crippen LogP contribution in [0.3, 0.4) is 0 Å². The summed E-state index contributed by atoms with van der Waals surface area (Å²) in [7, 11) is 0. The van der Waals surface area contributed by atoms with Gasteiger partial charge in [-0.2, -0.15) is 0 Å². The molecule has 1 atom stereocenters. The lowest BCUT2D eigenvalue weighted by Gasteiger charge is -2.36. The van der Waals surface area contributed by atoms with Crippen LogP contribution in [0.4, 0.5) is 0 Å². The quantitative estimate of drug-likeness (QED) is 0.646. The van der Waals surface area contributed by atoms with Gasteiger partial charge in [0, 0.05) is 19.2 Å². The predicted molar refractivity (Wildman–Crippen MR) is 63.4 cm³/mol. The molecule has 2 rings (SSSR count). The van der Waals surface area contributed by atoms with E-state index in [1.807, 2.05) is 0 Å². The van der Waals surface area contributed by atoms with Gasteiger partial charge in [0.05, 0.1) is 12.0 Å². The summed E-state index contributed by atoms with van der Waals surface area (Å²) < 4.78 is 5.50. The Morgan fingerprint density at radius 3 is 2.81 bits per heavy atom. The maximum atomic E-state index is 11.4. The van der Waals surface area contributed by atoms with E-state index in [-0.39, 0.29) is 5.41 Å². The monoisotopic (exact) mass is 225 g/mol. The van der Waals surface area contributed by atoms with Crippen LogP contribution in [-0.4, -0.2) is 43.5 Å². The van der Waals surface area contributed by atoms with Crippen molar-refractivity contribution in [3.8, 4) is 0 Å². The molecule has 16 heavy (non-hydrogen) atoms. The van der Waals surface area contributed by atoms with Gasteiger partial charge in [-0.15, -0.1) is 0 Å². The molecule has 3 heteroatoms. The van der Waals surface area contributed by atoms with Crippen LogP contribution in [0, 0.1) is 5.41 Å². The molecule has 3 nitrogen and oxygen atoms in total. The van der Waals surface area contributed by atoms with E-state index in [0.717, 1.165) is 44.9 Å². The fourth-order valence-electron chi connectivity index (χ4n) is 2.65.